The number of rotatable bonds is 3. The van der Waals surface area contributed by atoms with Crippen LogP contribution in [0.25, 0.3) is 10.9 Å². The first-order chi connectivity index (χ1) is 11.9. The molecule has 2 aromatic heterocycles. The second-order valence-corrected chi connectivity index (χ2v) is 6.35. The number of pyridine rings is 1. The molecule has 0 aliphatic carbocycles. The van der Waals surface area contributed by atoms with Crippen LogP contribution in [-0.4, -0.2) is 29.0 Å². The highest BCUT2D eigenvalue weighted by Gasteiger charge is 2.19. The molecule has 3 aromatic rings. The van der Waals surface area contributed by atoms with Crippen molar-refractivity contribution in [3.8, 4) is 0 Å². The van der Waals surface area contributed by atoms with Crippen LogP contribution in [0.15, 0.2) is 24.3 Å². The van der Waals surface area contributed by atoms with Crippen LogP contribution in [0.2, 0.25) is 0 Å². The maximum Gasteiger partial charge on any atom is 0.350 e. The van der Waals surface area contributed by atoms with E-state index in [1.54, 1.807) is 19.9 Å². The Balaban J connectivity index is 1.98. The smallest absolute Gasteiger partial charge is 0.350 e. The van der Waals surface area contributed by atoms with E-state index in [0.717, 1.165) is 11.3 Å². The summed E-state index contributed by atoms with van der Waals surface area (Å²) in [6.45, 7) is 3.41. The van der Waals surface area contributed by atoms with Crippen molar-refractivity contribution < 1.29 is 18.7 Å². The summed E-state index contributed by atoms with van der Waals surface area (Å²) in [6.07, 6.45) is 0. The van der Waals surface area contributed by atoms with E-state index in [0.29, 0.717) is 27.2 Å². The minimum Gasteiger partial charge on any atom is -0.465 e. The summed E-state index contributed by atoms with van der Waals surface area (Å²) in [5.41, 5.74) is 1.91. The van der Waals surface area contributed by atoms with Gasteiger partial charge in [-0.3, -0.25) is 15.1 Å². The number of aryl methyl sites for hydroxylation is 2. The fraction of sp³-hybridized carbons (Fsp3) is 0.176. The van der Waals surface area contributed by atoms with Crippen molar-refractivity contribution in [1.82, 2.24) is 9.97 Å². The molecule has 6 nitrogen and oxygen atoms in total. The van der Waals surface area contributed by atoms with E-state index < -0.39 is 17.7 Å². The van der Waals surface area contributed by atoms with Gasteiger partial charge in [-0.05, 0) is 38.1 Å². The molecule has 0 atom stereocenters. The Morgan fingerprint density at radius 3 is 2.68 bits per heavy atom. The monoisotopic (exact) mass is 359 g/mol. The summed E-state index contributed by atoms with van der Waals surface area (Å²) in [4.78, 5) is 33.1. The Labute approximate surface area is 146 Å². The molecular weight excluding hydrogens is 345 g/mol. The van der Waals surface area contributed by atoms with Gasteiger partial charge in [-0.15, -0.1) is 0 Å². The van der Waals surface area contributed by atoms with Crippen molar-refractivity contribution in [3.63, 3.8) is 0 Å². The molecule has 1 aromatic carbocycles. The lowest BCUT2D eigenvalue weighted by atomic mass is 10.1. The molecule has 0 aliphatic heterocycles. The summed E-state index contributed by atoms with van der Waals surface area (Å²) >= 11 is 1.02. The first-order valence-corrected chi connectivity index (χ1v) is 8.14. The number of aromatic nitrogens is 2. The largest absolute Gasteiger partial charge is 0.465 e. The molecule has 0 fully saturated rings. The van der Waals surface area contributed by atoms with Crippen LogP contribution in [-0.2, 0) is 4.74 Å². The molecule has 0 saturated heterocycles. The van der Waals surface area contributed by atoms with Crippen LogP contribution in [0.4, 0.5) is 9.52 Å². The van der Waals surface area contributed by atoms with Gasteiger partial charge in [0.2, 0.25) is 0 Å². The summed E-state index contributed by atoms with van der Waals surface area (Å²) < 4.78 is 18.2. The van der Waals surface area contributed by atoms with E-state index in [1.165, 1.54) is 25.3 Å². The second-order valence-electron chi connectivity index (χ2n) is 5.35. The van der Waals surface area contributed by atoms with E-state index in [-0.39, 0.29) is 10.7 Å². The number of ether oxygens (including phenoxy) is 1. The summed E-state index contributed by atoms with van der Waals surface area (Å²) in [5.74, 6) is -1.42. The zero-order valence-electron chi connectivity index (χ0n) is 13.7. The van der Waals surface area contributed by atoms with Gasteiger partial charge in [-0.25, -0.2) is 14.2 Å². The SMILES string of the molecule is COC(=O)c1sc(NC(=O)c2cc(C)nc3ccc(F)cc23)nc1C. The van der Waals surface area contributed by atoms with Gasteiger partial charge in [0.15, 0.2) is 5.13 Å². The van der Waals surface area contributed by atoms with Crippen molar-refractivity contribution >= 4 is 39.2 Å². The molecular formula is C17H14FN3O3S. The van der Waals surface area contributed by atoms with Gasteiger partial charge in [-0.2, -0.15) is 0 Å². The molecule has 0 spiro atoms. The number of hydrogen-bond acceptors (Lipinski definition) is 6. The van der Waals surface area contributed by atoms with Crippen molar-refractivity contribution in [2.75, 3.05) is 12.4 Å². The number of amides is 1. The van der Waals surface area contributed by atoms with Gasteiger partial charge in [0.1, 0.15) is 10.7 Å². The molecule has 2 heterocycles. The minimum absolute atomic E-state index is 0.266. The molecule has 0 saturated carbocycles. The third-order valence-electron chi connectivity index (χ3n) is 3.53. The zero-order valence-corrected chi connectivity index (χ0v) is 14.5. The van der Waals surface area contributed by atoms with Crippen LogP contribution in [0.3, 0.4) is 0 Å². The number of nitrogens with one attached hydrogen (secondary N) is 1. The highest BCUT2D eigenvalue weighted by molar-refractivity contribution is 7.17. The molecule has 128 valence electrons. The fourth-order valence-electron chi connectivity index (χ4n) is 2.41. The fourth-order valence-corrected chi connectivity index (χ4v) is 3.29. The van der Waals surface area contributed by atoms with Gasteiger partial charge in [-0.1, -0.05) is 11.3 Å². The molecule has 3 rings (SSSR count). The first-order valence-electron chi connectivity index (χ1n) is 7.33. The molecule has 8 heteroatoms. The molecule has 1 amide bonds. The molecule has 0 unspecified atom stereocenters. The third-order valence-corrected chi connectivity index (χ3v) is 4.58. The van der Waals surface area contributed by atoms with Gasteiger partial charge in [0.05, 0.1) is 23.9 Å². The number of fused-ring (bicyclic) bond motifs is 1. The summed E-state index contributed by atoms with van der Waals surface area (Å²) in [5, 5.41) is 3.32. The average Bonchev–Trinajstić information content (AvgIpc) is 2.94. The number of benzene rings is 1. The molecule has 0 aliphatic rings. The number of hydrogen-bond donors (Lipinski definition) is 1. The minimum atomic E-state index is -0.511. The molecule has 0 radical (unpaired) electrons. The topological polar surface area (TPSA) is 81.2 Å². The lowest BCUT2D eigenvalue weighted by Gasteiger charge is -2.07. The van der Waals surface area contributed by atoms with Crippen LogP contribution in [0.5, 0.6) is 0 Å². The number of esters is 1. The number of methoxy groups -OCH3 is 1. The zero-order chi connectivity index (χ0) is 18.1. The van der Waals surface area contributed by atoms with Crippen molar-refractivity contribution in [1.29, 1.82) is 0 Å². The van der Waals surface area contributed by atoms with E-state index in [9.17, 15) is 14.0 Å². The summed E-state index contributed by atoms with van der Waals surface area (Å²) in [7, 11) is 1.28. The van der Waals surface area contributed by atoms with Crippen LogP contribution in [0.1, 0.15) is 31.4 Å². The predicted molar refractivity (Wildman–Crippen MR) is 92.6 cm³/mol. The highest BCUT2D eigenvalue weighted by atomic mass is 32.1. The van der Waals surface area contributed by atoms with Crippen LogP contribution < -0.4 is 5.32 Å². The first kappa shape index (κ1) is 17.0. The average molecular weight is 359 g/mol. The third kappa shape index (κ3) is 3.34. The lowest BCUT2D eigenvalue weighted by Crippen LogP contribution is -2.13. The van der Waals surface area contributed by atoms with Crippen molar-refractivity contribution in [2.24, 2.45) is 0 Å². The lowest BCUT2D eigenvalue weighted by molar-refractivity contribution is 0.0605. The Kier molecular flexibility index (Phi) is 4.45. The van der Waals surface area contributed by atoms with Gasteiger partial charge >= 0.3 is 5.97 Å². The van der Waals surface area contributed by atoms with E-state index in [2.05, 4.69) is 20.0 Å². The Morgan fingerprint density at radius 2 is 1.96 bits per heavy atom. The number of halogens is 1. The number of carbonyl (C=O) groups excluding carboxylic acids is 2. The van der Waals surface area contributed by atoms with E-state index in [1.807, 2.05) is 0 Å². The normalized spacial score (nSPS) is 10.7. The molecule has 1 N–H and O–H groups in total. The van der Waals surface area contributed by atoms with E-state index in [4.69, 9.17) is 0 Å². The predicted octanol–water partition coefficient (Wildman–Crippen LogP) is 3.49. The van der Waals surface area contributed by atoms with Crippen molar-refractivity contribution in [3.05, 3.63) is 51.9 Å². The van der Waals surface area contributed by atoms with Crippen molar-refractivity contribution in [2.45, 2.75) is 13.8 Å². The molecule has 25 heavy (non-hydrogen) atoms. The Hall–Kier alpha value is -2.87. The summed E-state index contributed by atoms with van der Waals surface area (Å²) in [6, 6.07) is 5.67. The van der Waals surface area contributed by atoms with Gasteiger partial charge < -0.3 is 4.74 Å². The quantitative estimate of drug-likeness (QED) is 0.724. The number of carbonyl (C=O) groups is 2. The number of anilines is 1. The molecule has 0 bridgehead atoms. The standard InChI is InChI=1S/C17H14FN3O3S/c1-8-6-12(11-7-10(18)4-5-13(11)19-8)15(22)21-17-20-9(2)14(25-17)16(23)24-3/h4-7H,1-3H3,(H,20,21,22). The number of nitrogens with zero attached hydrogens (tertiary/aromatic N) is 2. The Morgan fingerprint density at radius 1 is 1.20 bits per heavy atom. The number of thiazole rings is 1. The van der Waals surface area contributed by atoms with Gasteiger partial charge in [0, 0.05) is 11.1 Å². The maximum absolute atomic E-state index is 13.6. The van der Waals surface area contributed by atoms with Crippen LogP contribution in [0, 0.1) is 19.7 Å². The van der Waals surface area contributed by atoms with Crippen LogP contribution >= 0.6 is 11.3 Å². The highest BCUT2D eigenvalue weighted by Crippen LogP contribution is 2.25. The van der Waals surface area contributed by atoms with Gasteiger partial charge in [0.25, 0.3) is 5.91 Å². The maximum atomic E-state index is 13.6. The van der Waals surface area contributed by atoms with E-state index >= 15 is 0 Å². The second kappa shape index (κ2) is 6.56. The Bertz CT molecular complexity index is 1000.